The van der Waals surface area contributed by atoms with Crippen LogP contribution in [0.5, 0.6) is 0 Å². The Morgan fingerprint density at radius 1 is 1.58 bits per heavy atom. The highest BCUT2D eigenvalue weighted by Gasteiger charge is 2.17. The summed E-state index contributed by atoms with van der Waals surface area (Å²) in [5.41, 5.74) is 0. The van der Waals surface area contributed by atoms with Gasteiger partial charge in [0.25, 0.3) is 0 Å². The minimum atomic E-state index is 0.657. The molecule has 62 valence electrons. The van der Waals surface area contributed by atoms with Crippen molar-refractivity contribution in [3.8, 4) is 11.8 Å². The Kier molecular flexibility index (Phi) is 2.45. The zero-order valence-electron chi connectivity index (χ0n) is 6.23. The Morgan fingerprint density at radius 2 is 2.33 bits per heavy atom. The number of thiophene rings is 1. The summed E-state index contributed by atoms with van der Waals surface area (Å²) in [5, 5.41) is 0.764. The monoisotopic (exact) mass is 260 g/mol. The molecule has 1 heterocycles. The summed E-state index contributed by atoms with van der Waals surface area (Å²) in [5.74, 6) is 6.97. The molecule has 0 bridgehead atoms. The van der Waals surface area contributed by atoms with Gasteiger partial charge in [0.2, 0.25) is 0 Å². The maximum absolute atomic E-state index is 5.86. The van der Waals surface area contributed by atoms with Gasteiger partial charge >= 0.3 is 0 Å². The zero-order chi connectivity index (χ0) is 8.55. The highest BCUT2D eigenvalue weighted by Crippen LogP contribution is 2.32. The first-order valence-corrected chi connectivity index (χ1v) is 5.71. The second kappa shape index (κ2) is 3.41. The quantitative estimate of drug-likeness (QED) is 0.621. The van der Waals surface area contributed by atoms with Crippen molar-refractivity contribution in [3.63, 3.8) is 0 Å². The summed E-state index contributed by atoms with van der Waals surface area (Å²) in [6.07, 6.45) is 2.54. The van der Waals surface area contributed by atoms with Gasteiger partial charge in [-0.25, -0.2) is 0 Å². The van der Waals surface area contributed by atoms with E-state index in [1.165, 1.54) is 12.8 Å². The summed E-state index contributed by atoms with van der Waals surface area (Å²) in [4.78, 5) is 1.05. The van der Waals surface area contributed by atoms with Crippen LogP contribution < -0.4 is 0 Å². The maximum atomic E-state index is 5.86. The second-order valence-corrected chi connectivity index (χ2v) is 5.55. The van der Waals surface area contributed by atoms with Crippen LogP contribution in [0, 0.1) is 17.8 Å². The van der Waals surface area contributed by atoms with Crippen molar-refractivity contribution in [2.24, 2.45) is 5.92 Å². The lowest BCUT2D eigenvalue weighted by molar-refractivity contribution is 1.18. The van der Waals surface area contributed by atoms with E-state index in [9.17, 15) is 0 Å². The molecular formula is C9H6BrClS. The van der Waals surface area contributed by atoms with Crippen molar-refractivity contribution in [1.82, 2.24) is 0 Å². The third-order valence-corrected chi connectivity index (χ3v) is 4.01. The predicted molar refractivity (Wildman–Crippen MR) is 56.6 cm³/mol. The summed E-state index contributed by atoms with van der Waals surface area (Å²) in [6, 6.07) is 1.91. The van der Waals surface area contributed by atoms with Gasteiger partial charge in [-0.1, -0.05) is 23.4 Å². The van der Waals surface area contributed by atoms with Crippen molar-refractivity contribution >= 4 is 38.9 Å². The van der Waals surface area contributed by atoms with E-state index in [2.05, 4.69) is 27.8 Å². The fraction of sp³-hybridized carbons (Fsp3) is 0.333. The van der Waals surface area contributed by atoms with Crippen molar-refractivity contribution < 1.29 is 0 Å². The van der Waals surface area contributed by atoms with Crippen molar-refractivity contribution in [1.29, 1.82) is 0 Å². The van der Waals surface area contributed by atoms with Gasteiger partial charge in [0, 0.05) is 5.92 Å². The van der Waals surface area contributed by atoms with Crippen LogP contribution in [-0.4, -0.2) is 0 Å². The van der Waals surface area contributed by atoms with Gasteiger partial charge in [-0.15, -0.1) is 11.3 Å². The number of halogens is 2. The molecule has 0 aromatic carbocycles. The lowest BCUT2D eigenvalue weighted by Gasteiger charge is -1.75. The second-order valence-electron chi connectivity index (χ2n) is 2.78. The third kappa shape index (κ3) is 2.04. The van der Waals surface area contributed by atoms with Crippen LogP contribution in [0.15, 0.2) is 9.85 Å². The minimum absolute atomic E-state index is 0.657. The van der Waals surface area contributed by atoms with E-state index in [1.54, 1.807) is 11.3 Å². The Hall–Kier alpha value is 0.0300. The molecule has 12 heavy (non-hydrogen) atoms. The van der Waals surface area contributed by atoms with Crippen LogP contribution in [0.4, 0.5) is 0 Å². The van der Waals surface area contributed by atoms with Gasteiger partial charge in [-0.2, -0.15) is 0 Å². The van der Waals surface area contributed by atoms with Gasteiger partial charge in [0.15, 0.2) is 0 Å². The SMILES string of the molecule is Clc1cc(C#CC2CC2)sc1Br. The lowest BCUT2D eigenvalue weighted by atomic mass is 10.4. The average Bonchev–Trinajstić information content (AvgIpc) is 2.78. The molecule has 0 atom stereocenters. The van der Waals surface area contributed by atoms with Crippen molar-refractivity contribution in [2.45, 2.75) is 12.8 Å². The Bertz CT molecular complexity index is 335. The molecule has 0 unspecified atom stereocenters. The fourth-order valence-electron chi connectivity index (χ4n) is 0.809. The molecule has 0 radical (unpaired) electrons. The number of hydrogen-bond donors (Lipinski definition) is 0. The maximum Gasteiger partial charge on any atom is 0.0897 e. The van der Waals surface area contributed by atoms with E-state index >= 15 is 0 Å². The predicted octanol–water partition coefficient (Wildman–Crippen LogP) is 3.93. The van der Waals surface area contributed by atoms with Crippen LogP contribution in [0.25, 0.3) is 0 Å². The number of hydrogen-bond acceptors (Lipinski definition) is 1. The number of rotatable bonds is 0. The van der Waals surface area contributed by atoms with Crippen LogP contribution in [0.2, 0.25) is 5.02 Å². The van der Waals surface area contributed by atoms with Crippen molar-refractivity contribution in [2.75, 3.05) is 0 Å². The van der Waals surface area contributed by atoms with Gasteiger partial charge in [-0.3, -0.25) is 0 Å². The minimum Gasteiger partial charge on any atom is -0.118 e. The topological polar surface area (TPSA) is 0 Å². The van der Waals surface area contributed by atoms with Gasteiger partial charge < -0.3 is 0 Å². The lowest BCUT2D eigenvalue weighted by Crippen LogP contribution is -1.63. The average molecular weight is 262 g/mol. The fourth-order valence-corrected chi connectivity index (χ4v) is 2.37. The Balaban J connectivity index is 2.18. The van der Waals surface area contributed by atoms with E-state index in [-0.39, 0.29) is 0 Å². The summed E-state index contributed by atoms with van der Waals surface area (Å²) < 4.78 is 0.976. The van der Waals surface area contributed by atoms with E-state index < -0.39 is 0 Å². The molecule has 0 N–H and O–H groups in total. The van der Waals surface area contributed by atoms with Crippen LogP contribution in [-0.2, 0) is 0 Å². The summed E-state index contributed by atoms with van der Waals surface area (Å²) >= 11 is 10.8. The standard InChI is InChI=1S/C9H6BrClS/c10-9-8(11)5-7(12-9)4-3-6-1-2-6/h5-6H,1-2H2. The summed E-state index contributed by atoms with van der Waals surface area (Å²) in [7, 11) is 0. The van der Waals surface area contributed by atoms with E-state index in [4.69, 9.17) is 11.6 Å². The highest BCUT2D eigenvalue weighted by molar-refractivity contribution is 9.11. The van der Waals surface area contributed by atoms with E-state index in [1.807, 2.05) is 6.07 Å². The third-order valence-electron chi connectivity index (χ3n) is 1.62. The van der Waals surface area contributed by atoms with Gasteiger partial charge in [-0.05, 0) is 34.8 Å². The molecule has 1 aromatic rings. The first-order chi connectivity index (χ1) is 5.75. The van der Waals surface area contributed by atoms with E-state index in [0.717, 1.165) is 13.7 Å². The Morgan fingerprint density at radius 3 is 2.83 bits per heavy atom. The molecule has 1 fully saturated rings. The molecule has 0 spiro atoms. The highest BCUT2D eigenvalue weighted by atomic mass is 79.9. The van der Waals surface area contributed by atoms with Gasteiger partial charge in [0.05, 0.1) is 13.7 Å². The normalized spacial score (nSPS) is 15.5. The van der Waals surface area contributed by atoms with Crippen LogP contribution in [0.1, 0.15) is 17.7 Å². The van der Waals surface area contributed by atoms with Crippen LogP contribution >= 0.6 is 38.9 Å². The van der Waals surface area contributed by atoms with Gasteiger partial charge in [0.1, 0.15) is 0 Å². The molecule has 0 saturated heterocycles. The molecule has 2 rings (SSSR count). The Labute approximate surface area is 89.1 Å². The molecule has 1 aromatic heterocycles. The molecule has 3 heteroatoms. The molecule has 0 amide bonds. The van der Waals surface area contributed by atoms with Crippen molar-refractivity contribution in [3.05, 3.63) is 19.8 Å². The molecule has 0 aliphatic heterocycles. The molecule has 0 nitrogen and oxygen atoms in total. The molecule has 1 aliphatic rings. The van der Waals surface area contributed by atoms with Crippen LogP contribution in [0.3, 0.4) is 0 Å². The molecular weight excluding hydrogens is 256 g/mol. The largest absolute Gasteiger partial charge is 0.118 e. The molecule has 1 aliphatic carbocycles. The van der Waals surface area contributed by atoms with E-state index in [0.29, 0.717) is 5.92 Å². The first-order valence-electron chi connectivity index (χ1n) is 3.72. The zero-order valence-corrected chi connectivity index (χ0v) is 9.39. The smallest absolute Gasteiger partial charge is 0.0897 e. The molecule has 1 saturated carbocycles. The first kappa shape index (κ1) is 8.62. The summed E-state index contributed by atoms with van der Waals surface area (Å²) in [6.45, 7) is 0.